The molecule has 15 heavy (non-hydrogen) atoms. The Morgan fingerprint density at radius 2 is 1.80 bits per heavy atom. The first kappa shape index (κ1) is 8.96. The molecule has 3 rings (SSSR count). The number of hydrogen-bond acceptors (Lipinski definition) is 2. The highest BCUT2D eigenvalue weighted by molar-refractivity contribution is 5.92. The Morgan fingerprint density at radius 1 is 1.00 bits per heavy atom. The molecule has 2 heteroatoms. The van der Waals surface area contributed by atoms with Crippen LogP contribution in [0.1, 0.15) is 24.8 Å². The van der Waals surface area contributed by atoms with Gasteiger partial charge in [-0.2, -0.15) is 0 Å². The number of rotatable bonds is 0. The Labute approximate surface area is 90.6 Å². The van der Waals surface area contributed by atoms with Crippen molar-refractivity contribution in [2.45, 2.75) is 25.7 Å². The average molecular weight is 200 g/mol. The minimum atomic E-state index is 1.04. The molecule has 2 aliphatic rings. The van der Waals surface area contributed by atoms with Gasteiger partial charge in [-0.3, -0.25) is 0 Å². The summed E-state index contributed by atoms with van der Waals surface area (Å²) in [6.45, 7) is 2.40. The molecule has 2 aliphatic heterocycles. The molecule has 0 bridgehead atoms. The number of hydrogen-bond donors (Lipinski definition) is 0. The third kappa shape index (κ3) is 1.65. The van der Waals surface area contributed by atoms with Gasteiger partial charge in [0, 0.05) is 19.5 Å². The van der Waals surface area contributed by atoms with Crippen LogP contribution in [0.2, 0.25) is 0 Å². The van der Waals surface area contributed by atoms with Gasteiger partial charge < -0.3 is 4.90 Å². The van der Waals surface area contributed by atoms with E-state index in [-0.39, 0.29) is 0 Å². The van der Waals surface area contributed by atoms with Crippen LogP contribution in [0.15, 0.2) is 29.3 Å². The highest BCUT2D eigenvalue weighted by Gasteiger charge is 2.20. The van der Waals surface area contributed by atoms with E-state index < -0.39 is 0 Å². The zero-order valence-electron chi connectivity index (χ0n) is 8.95. The van der Waals surface area contributed by atoms with Crippen LogP contribution in [0.5, 0.6) is 0 Å². The number of fused-ring (bicyclic) bond motifs is 1. The molecule has 1 saturated heterocycles. The van der Waals surface area contributed by atoms with Crippen molar-refractivity contribution in [3.05, 3.63) is 29.8 Å². The van der Waals surface area contributed by atoms with Gasteiger partial charge >= 0.3 is 0 Å². The second-order valence-electron chi connectivity index (χ2n) is 4.38. The highest BCUT2D eigenvalue weighted by Crippen LogP contribution is 2.27. The molecule has 2 nitrogen and oxygen atoms in total. The molecule has 0 atom stereocenters. The maximum absolute atomic E-state index is 4.72. The lowest BCUT2D eigenvalue weighted by Gasteiger charge is -2.28. The Balaban J connectivity index is 1.81. The van der Waals surface area contributed by atoms with Crippen LogP contribution in [0.25, 0.3) is 0 Å². The van der Waals surface area contributed by atoms with Crippen molar-refractivity contribution in [2.75, 3.05) is 13.1 Å². The van der Waals surface area contributed by atoms with Crippen LogP contribution in [-0.2, 0) is 6.42 Å². The van der Waals surface area contributed by atoms with E-state index in [1.54, 1.807) is 0 Å². The van der Waals surface area contributed by atoms with E-state index >= 15 is 0 Å². The molecule has 1 fully saturated rings. The minimum Gasteiger partial charge on any atom is -0.360 e. The van der Waals surface area contributed by atoms with Gasteiger partial charge in [0.05, 0.1) is 5.69 Å². The second kappa shape index (κ2) is 3.69. The van der Waals surface area contributed by atoms with Crippen molar-refractivity contribution < 1.29 is 0 Å². The lowest BCUT2D eigenvalue weighted by atomic mass is 10.1. The van der Waals surface area contributed by atoms with Gasteiger partial charge in [-0.15, -0.1) is 0 Å². The number of nitrogens with zero attached hydrogens (tertiary/aromatic N) is 2. The van der Waals surface area contributed by atoms with Crippen molar-refractivity contribution in [3.8, 4) is 0 Å². The number of aliphatic imine (C=N–C) groups is 1. The van der Waals surface area contributed by atoms with Crippen molar-refractivity contribution in [1.29, 1.82) is 0 Å². The minimum absolute atomic E-state index is 1.04. The smallest absolute Gasteiger partial charge is 0.109 e. The van der Waals surface area contributed by atoms with Gasteiger partial charge in [0.15, 0.2) is 0 Å². The first-order valence-corrected chi connectivity index (χ1v) is 5.84. The fourth-order valence-electron chi connectivity index (χ4n) is 2.45. The third-order valence-corrected chi connectivity index (χ3v) is 3.31. The van der Waals surface area contributed by atoms with Gasteiger partial charge in [0.25, 0.3) is 0 Å². The van der Waals surface area contributed by atoms with Crippen molar-refractivity contribution in [1.82, 2.24) is 4.90 Å². The summed E-state index contributed by atoms with van der Waals surface area (Å²) in [5.74, 6) is 1.29. The molecule has 0 aliphatic carbocycles. The predicted octanol–water partition coefficient (Wildman–Crippen LogP) is 2.76. The average Bonchev–Trinajstić information content (AvgIpc) is 2.74. The number of benzene rings is 1. The summed E-state index contributed by atoms with van der Waals surface area (Å²) in [6, 6.07) is 8.48. The summed E-state index contributed by atoms with van der Waals surface area (Å²) >= 11 is 0. The van der Waals surface area contributed by atoms with E-state index in [2.05, 4.69) is 29.2 Å². The van der Waals surface area contributed by atoms with Crippen molar-refractivity contribution in [2.24, 2.45) is 4.99 Å². The monoisotopic (exact) mass is 200 g/mol. The largest absolute Gasteiger partial charge is 0.360 e. The first-order valence-electron chi connectivity index (χ1n) is 5.84. The summed E-state index contributed by atoms with van der Waals surface area (Å²) < 4.78 is 0. The molecule has 0 unspecified atom stereocenters. The standard InChI is InChI=1S/C13H16N2/c1-4-8-15(9-5-1)13-10-11-6-2-3-7-12(11)14-13/h2-3,6-7H,1,4-5,8-10H2. The van der Waals surface area contributed by atoms with Crippen LogP contribution < -0.4 is 0 Å². The van der Waals surface area contributed by atoms with Gasteiger partial charge in [-0.05, 0) is 30.9 Å². The number of likely N-dealkylation sites (tertiary alicyclic amines) is 1. The van der Waals surface area contributed by atoms with E-state index in [4.69, 9.17) is 4.99 Å². The molecule has 0 aromatic heterocycles. The van der Waals surface area contributed by atoms with Crippen LogP contribution in [-0.4, -0.2) is 23.8 Å². The first-order chi connectivity index (χ1) is 7.43. The molecule has 0 amide bonds. The quantitative estimate of drug-likeness (QED) is 0.628. The number of piperidine rings is 1. The lowest BCUT2D eigenvalue weighted by Crippen LogP contribution is -2.35. The molecular formula is C13H16N2. The van der Waals surface area contributed by atoms with Crippen LogP contribution in [0.3, 0.4) is 0 Å². The topological polar surface area (TPSA) is 15.6 Å². The van der Waals surface area contributed by atoms with E-state index in [1.807, 2.05) is 0 Å². The summed E-state index contributed by atoms with van der Waals surface area (Å²) in [7, 11) is 0. The molecule has 78 valence electrons. The Morgan fingerprint density at radius 3 is 2.60 bits per heavy atom. The fraction of sp³-hybridized carbons (Fsp3) is 0.462. The molecule has 0 N–H and O–H groups in total. The van der Waals surface area contributed by atoms with Gasteiger partial charge in [0.2, 0.25) is 0 Å². The Hall–Kier alpha value is -1.31. The molecule has 1 aromatic carbocycles. The maximum atomic E-state index is 4.72. The Kier molecular flexibility index (Phi) is 2.20. The summed E-state index contributed by atoms with van der Waals surface area (Å²) in [6.07, 6.45) is 5.08. The maximum Gasteiger partial charge on any atom is 0.109 e. The molecular weight excluding hydrogens is 184 g/mol. The molecule has 1 aromatic rings. The van der Waals surface area contributed by atoms with Crippen molar-refractivity contribution in [3.63, 3.8) is 0 Å². The summed E-state index contributed by atoms with van der Waals surface area (Å²) in [5.41, 5.74) is 2.57. The lowest BCUT2D eigenvalue weighted by molar-refractivity contribution is 0.339. The number of amidine groups is 1. The zero-order chi connectivity index (χ0) is 10.1. The predicted molar refractivity (Wildman–Crippen MR) is 62.7 cm³/mol. The van der Waals surface area contributed by atoms with E-state index in [0.29, 0.717) is 0 Å². The van der Waals surface area contributed by atoms with E-state index in [1.165, 1.54) is 49.4 Å². The van der Waals surface area contributed by atoms with E-state index in [9.17, 15) is 0 Å². The number of para-hydroxylation sites is 1. The van der Waals surface area contributed by atoms with Crippen LogP contribution in [0.4, 0.5) is 5.69 Å². The summed E-state index contributed by atoms with van der Waals surface area (Å²) in [4.78, 5) is 7.18. The van der Waals surface area contributed by atoms with Crippen LogP contribution in [0, 0.1) is 0 Å². The summed E-state index contributed by atoms with van der Waals surface area (Å²) in [5, 5.41) is 0. The third-order valence-electron chi connectivity index (χ3n) is 3.31. The zero-order valence-corrected chi connectivity index (χ0v) is 8.95. The van der Waals surface area contributed by atoms with E-state index in [0.717, 1.165) is 6.42 Å². The Bertz CT molecular complexity index is 389. The van der Waals surface area contributed by atoms with Gasteiger partial charge in [-0.25, -0.2) is 4.99 Å². The fourth-order valence-corrected chi connectivity index (χ4v) is 2.45. The normalized spacial score (nSPS) is 20.0. The second-order valence-corrected chi connectivity index (χ2v) is 4.38. The molecule has 0 saturated carbocycles. The van der Waals surface area contributed by atoms with Gasteiger partial charge in [-0.1, -0.05) is 18.2 Å². The molecule has 0 radical (unpaired) electrons. The van der Waals surface area contributed by atoms with Crippen LogP contribution >= 0.6 is 0 Å². The molecule has 0 spiro atoms. The van der Waals surface area contributed by atoms with Gasteiger partial charge in [0.1, 0.15) is 5.84 Å². The highest BCUT2D eigenvalue weighted by atomic mass is 15.2. The molecule has 2 heterocycles. The van der Waals surface area contributed by atoms with Crippen molar-refractivity contribution >= 4 is 11.5 Å². The SMILES string of the molecule is c1ccc2c(c1)CC(N1CCCCC1)=N2.